The highest BCUT2D eigenvalue weighted by Crippen LogP contribution is 2.40. The van der Waals surface area contributed by atoms with Gasteiger partial charge < -0.3 is 14.4 Å². The summed E-state index contributed by atoms with van der Waals surface area (Å²) in [7, 11) is -3.45. The molecule has 7 nitrogen and oxygen atoms in total. The van der Waals surface area contributed by atoms with Crippen LogP contribution in [0.25, 0.3) is 0 Å². The third kappa shape index (κ3) is 4.97. The topological polar surface area (TPSA) is 84.9 Å². The Labute approximate surface area is 191 Å². The molecule has 3 heterocycles. The van der Waals surface area contributed by atoms with Crippen LogP contribution in [-0.2, 0) is 19.6 Å². The van der Waals surface area contributed by atoms with Crippen molar-refractivity contribution in [3.63, 3.8) is 0 Å². The Morgan fingerprint density at radius 3 is 2.59 bits per heavy atom. The second-order valence-corrected chi connectivity index (χ2v) is 12.0. The molecule has 2 fully saturated rings. The summed E-state index contributed by atoms with van der Waals surface area (Å²) in [6.07, 6.45) is 5.55. The van der Waals surface area contributed by atoms with Crippen LogP contribution < -0.4 is 9.46 Å². The molecule has 1 amide bonds. The summed E-state index contributed by atoms with van der Waals surface area (Å²) < 4.78 is 40.5. The quantitative estimate of drug-likeness (QED) is 0.743. The van der Waals surface area contributed by atoms with Gasteiger partial charge in [0.15, 0.2) is 6.61 Å². The first-order chi connectivity index (χ1) is 15.3. The molecule has 0 radical (unpaired) electrons. The molecule has 1 saturated carbocycles. The van der Waals surface area contributed by atoms with Crippen molar-refractivity contribution >= 4 is 15.9 Å². The lowest BCUT2D eigenvalue weighted by molar-refractivity contribution is -0.140. The number of ether oxygens (including phenoxy) is 2. The molecule has 8 heteroatoms. The third-order valence-electron chi connectivity index (χ3n) is 7.26. The molecule has 4 aliphatic rings. The predicted octanol–water partition coefficient (Wildman–Crippen LogP) is 3.12. The Balaban J connectivity index is 1.62. The Morgan fingerprint density at radius 2 is 1.88 bits per heavy atom. The second-order valence-electron chi connectivity index (χ2n) is 9.70. The van der Waals surface area contributed by atoms with Gasteiger partial charge in [0.05, 0.1) is 24.0 Å². The van der Waals surface area contributed by atoms with Gasteiger partial charge in [-0.3, -0.25) is 4.79 Å². The van der Waals surface area contributed by atoms with E-state index in [1.165, 1.54) is 11.1 Å². The van der Waals surface area contributed by atoms with E-state index in [1.54, 1.807) is 18.7 Å². The molecule has 1 N–H and O–H groups in total. The number of benzene rings is 1. The number of hydrogen-bond donors (Lipinski definition) is 1. The Morgan fingerprint density at radius 1 is 1.12 bits per heavy atom. The first kappa shape index (κ1) is 23.5. The number of sulfonamides is 1. The highest BCUT2D eigenvalue weighted by molar-refractivity contribution is 7.90. The average molecular weight is 465 g/mol. The van der Waals surface area contributed by atoms with Crippen molar-refractivity contribution in [1.29, 1.82) is 0 Å². The number of rotatable bonds is 3. The Kier molecular flexibility index (Phi) is 7.12. The number of nitrogens with zero attached hydrogens (tertiary/aromatic N) is 1. The summed E-state index contributed by atoms with van der Waals surface area (Å²) in [5.74, 6) is 1.09. The molecule has 1 saturated heterocycles. The molecule has 5 rings (SSSR count). The number of nitrogens with one attached hydrogen (secondary N) is 1. The molecule has 32 heavy (non-hydrogen) atoms. The van der Waals surface area contributed by atoms with Crippen LogP contribution in [0.2, 0.25) is 0 Å². The van der Waals surface area contributed by atoms with Gasteiger partial charge in [0.2, 0.25) is 10.0 Å². The zero-order valence-electron chi connectivity index (χ0n) is 19.4. The van der Waals surface area contributed by atoms with E-state index >= 15 is 0 Å². The molecule has 2 atom stereocenters. The van der Waals surface area contributed by atoms with Gasteiger partial charge in [-0.05, 0) is 76.8 Å². The van der Waals surface area contributed by atoms with Crippen LogP contribution in [0.15, 0.2) is 18.2 Å². The van der Waals surface area contributed by atoms with Crippen molar-refractivity contribution in [2.75, 3.05) is 19.8 Å². The van der Waals surface area contributed by atoms with Gasteiger partial charge in [0.1, 0.15) is 5.75 Å². The van der Waals surface area contributed by atoms with Crippen LogP contribution in [0.4, 0.5) is 0 Å². The molecule has 1 aromatic carbocycles. The monoisotopic (exact) mass is 464 g/mol. The van der Waals surface area contributed by atoms with Crippen molar-refractivity contribution < 1.29 is 22.7 Å². The first-order valence-electron chi connectivity index (χ1n) is 11.9. The van der Waals surface area contributed by atoms with Crippen LogP contribution in [0, 0.1) is 6.92 Å². The predicted molar refractivity (Wildman–Crippen MR) is 123 cm³/mol. The SMILES string of the molecule is Cc1cccc2c1C1CCC(CC1)OCC1[C@@H](NS(=O)(=O)C(C)C)CCCN1C(=O)CO2. The van der Waals surface area contributed by atoms with Gasteiger partial charge in [-0.15, -0.1) is 0 Å². The van der Waals surface area contributed by atoms with Crippen molar-refractivity contribution in [1.82, 2.24) is 9.62 Å². The molecular formula is C24H36N2O5S. The van der Waals surface area contributed by atoms with Crippen molar-refractivity contribution in [2.24, 2.45) is 0 Å². The molecule has 2 bridgehead atoms. The number of aryl methyl sites for hydroxylation is 1. The normalized spacial score (nSPS) is 29.4. The number of hydrogen-bond acceptors (Lipinski definition) is 5. The number of carbonyl (C=O) groups excluding carboxylic acids is 1. The van der Waals surface area contributed by atoms with E-state index in [0.29, 0.717) is 25.5 Å². The van der Waals surface area contributed by atoms with Gasteiger partial charge >= 0.3 is 0 Å². The minimum absolute atomic E-state index is 0.0489. The molecule has 0 spiro atoms. The van der Waals surface area contributed by atoms with Crippen LogP contribution in [-0.4, -0.2) is 62.4 Å². The van der Waals surface area contributed by atoms with E-state index < -0.39 is 15.3 Å². The van der Waals surface area contributed by atoms with Crippen molar-refractivity contribution in [2.45, 2.75) is 88.7 Å². The Bertz CT molecular complexity index is 924. The van der Waals surface area contributed by atoms with Crippen LogP contribution in [0.3, 0.4) is 0 Å². The fourth-order valence-corrected chi connectivity index (χ4v) is 6.30. The van der Waals surface area contributed by atoms with E-state index in [1.807, 2.05) is 12.1 Å². The summed E-state index contributed by atoms with van der Waals surface area (Å²) in [5, 5.41) is -0.525. The molecular weight excluding hydrogens is 428 g/mol. The van der Waals surface area contributed by atoms with Crippen LogP contribution in [0.1, 0.15) is 69.4 Å². The summed E-state index contributed by atoms with van der Waals surface area (Å²) in [5.41, 5.74) is 2.42. The fourth-order valence-electron chi connectivity index (χ4n) is 5.34. The maximum atomic E-state index is 13.2. The molecule has 1 aliphatic carbocycles. The van der Waals surface area contributed by atoms with Gasteiger partial charge in [0, 0.05) is 18.2 Å². The lowest BCUT2D eigenvalue weighted by atomic mass is 9.80. The third-order valence-corrected chi connectivity index (χ3v) is 9.13. The second kappa shape index (κ2) is 9.69. The molecule has 3 aliphatic heterocycles. The van der Waals surface area contributed by atoms with E-state index in [9.17, 15) is 13.2 Å². The van der Waals surface area contributed by atoms with Gasteiger partial charge in [0.25, 0.3) is 5.91 Å². The summed E-state index contributed by atoms with van der Waals surface area (Å²) in [4.78, 5) is 15.0. The minimum Gasteiger partial charge on any atom is -0.483 e. The van der Waals surface area contributed by atoms with E-state index in [2.05, 4.69) is 17.7 Å². The number of fused-ring (bicyclic) bond motifs is 5. The molecule has 178 valence electrons. The number of piperidine rings is 1. The maximum Gasteiger partial charge on any atom is 0.260 e. The van der Waals surface area contributed by atoms with Crippen LogP contribution in [0.5, 0.6) is 5.75 Å². The van der Waals surface area contributed by atoms with E-state index in [4.69, 9.17) is 9.47 Å². The zero-order chi connectivity index (χ0) is 22.9. The molecule has 1 unspecified atom stereocenters. The first-order valence-corrected chi connectivity index (χ1v) is 13.5. The summed E-state index contributed by atoms with van der Waals surface area (Å²) >= 11 is 0. The van der Waals surface area contributed by atoms with Gasteiger partial charge in [-0.2, -0.15) is 0 Å². The highest BCUT2D eigenvalue weighted by atomic mass is 32.2. The largest absolute Gasteiger partial charge is 0.483 e. The summed E-state index contributed by atoms with van der Waals surface area (Å²) in [6, 6.07) is 5.37. The lowest BCUT2D eigenvalue weighted by Gasteiger charge is -2.42. The van der Waals surface area contributed by atoms with Gasteiger partial charge in [-0.1, -0.05) is 12.1 Å². The average Bonchev–Trinajstić information content (AvgIpc) is 2.77. The lowest BCUT2D eigenvalue weighted by Crippen LogP contribution is -2.60. The van der Waals surface area contributed by atoms with Crippen molar-refractivity contribution in [3.8, 4) is 5.75 Å². The smallest absolute Gasteiger partial charge is 0.260 e. The molecule has 0 aromatic heterocycles. The minimum atomic E-state index is -3.45. The Hall–Kier alpha value is -1.64. The summed E-state index contributed by atoms with van der Waals surface area (Å²) in [6.45, 7) is 6.33. The molecule has 1 aromatic rings. The fraction of sp³-hybridized carbons (Fsp3) is 0.708. The van der Waals surface area contributed by atoms with Crippen LogP contribution >= 0.6 is 0 Å². The maximum absolute atomic E-state index is 13.2. The number of carbonyl (C=O) groups is 1. The highest BCUT2D eigenvalue weighted by Gasteiger charge is 2.38. The van der Waals surface area contributed by atoms with E-state index in [-0.39, 0.29) is 30.7 Å². The number of amides is 1. The zero-order valence-corrected chi connectivity index (χ0v) is 20.2. The van der Waals surface area contributed by atoms with E-state index in [0.717, 1.165) is 37.9 Å². The standard InChI is InChI=1S/C24H36N2O5S/c1-16(2)32(28,29)25-20-7-5-13-26-21(20)14-30-19-11-9-18(10-12-19)24-17(3)6-4-8-22(24)31-15-23(26)27/h4,6,8,16,18-21,25H,5,7,9-15H2,1-3H3/t18?,19?,20-,21?/m0/s1. The van der Waals surface area contributed by atoms with Crippen molar-refractivity contribution in [3.05, 3.63) is 29.3 Å². The van der Waals surface area contributed by atoms with Gasteiger partial charge in [-0.25, -0.2) is 13.1 Å².